The van der Waals surface area contributed by atoms with Crippen molar-refractivity contribution < 1.29 is 43.0 Å². The smallest absolute Gasteiger partial charge is 0.165 e. The highest BCUT2D eigenvalue weighted by Gasteiger charge is 2.49. The van der Waals surface area contributed by atoms with E-state index in [1.807, 2.05) is 6.07 Å². The molecule has 9 nitrogen and oxygen atoms in total. The Morgan fingerprint density at radius 2 is 0.569 bits per heavy atom. The molecule has 16 rings (SSSR count). The molecule has 762 valence electrons. The Bertz CT molecular complexity index is 4860. The molecule has 0 bridgehead atoms. The standard InChI is InChI=1S/C19H28O.3C19H30O.C18H28O2.C18H26O.C16H24O2/c1-13(14-9-10-14)15-7-6-8-16(19(5)11-12-19)17(15)20-18(2,3)4;1-13(2)16-11-8-12-17(14(3)15-9-7-10-15)18(16)20-19(4,5)6;1-7-13(2)16-9-8-10-17(14(3)15-11-12-15)18(16)20-19(4,5)6;1-7-15(14-11-12-14)17-10-8-9-16(13(2)3)18(17)20-19(4,5)6;1-12(2)14-8-7-9-15(13(3)18(19)10-11-18)16(14)20-17(4,5)6;1-12(13-8-9-13)15-6-5-7-16(14-10-11-14)17(15)19-18(2,3)4;1-11(12-9-10-12)13-7-6-8-14(17-5)15(13)18-16(2,3)4/h6-8,13-14H,9-12H2,1-5H3;8,11-15H,7,9-10H2,1-6H3;2*8-10,13-15H,7,11-12H2,1-6H3;7-9,12-13,19H,10-11H2,1-6H3;5-7,12-14H,8-11H2,1-4H3;6-8,11-12H,9-10H2,1-5H3. The van der Waals surface area contributed by atoms with E-state index >= 15 is 0 Å². The van der Waals surface area contributed by atoms with Crippen LogP contribution in [0.4, 0.5) is 0 Å². The van der Waals surface area contributed by atoms with E-state index in [0.29, 0.717) is 64.6 Å². The molecular weight excluding hydrogens is 1680 g/mol. The van der Waals surface area contributed by atoms with Crippen LogP contribution in [0.1, 0.15) is 534 Å². The maximum absolute atomic E-state index is 10.4. The average molecular weight is 1880 g/mol. The predicted octanol–water partition coefficient (Wildman–Crippen LogP) is 37.4. The van der Waals surface area contributed by atoms with Crippen LogP contribution in [-0.4, -0.2) is 57.0 Å². The van der Waals surface area contributed by atoms with Crippen LogP contribution < -0.4 is 37.9 Å². The molecule has 0 amide bonds. The first-order chi connectivity index (χ1) is 63.8. The lowest BCUT2D eigenvalue weighted by atomic mass is 9.73. The van der Waals surface area contributed by atoms with Gasteiger partial charge in [0.05, 0.1) is 12.7 Å². The zero-order valence-electron chi connectivity index (χ0n) is 94.1. The van der Waals surface area contributed by atoms with Gasteiger partial charge in [0.15, 0.2) is 11.5 Å². The predicted molar refractivity (Wildman–Crippen MR) is 583 cm³/mol. The molecule has 0 aromatic heterocycles. The van der Waals surface area contributed by atoms with Gasteiger partial charge in [-0.25, -0.2) is 0 Å². The lowest BCUT2D eigenvalue weighted by molar-refractivity contribution is 0.108. The summed E-state index contributed by atoms with van der Waals surface area (Å²) in [6, 6.07) is 46.3. The molecule has 9 aliphatic rings. The topological polar surface area (TPSA) is 94.1 Å². The SMILES string of the molecule is CC(C)c1cccc(C(C)C2(O)CC2)c1OC(C)(C)C.CC(C)c1cccc(C(C)C2CCC2)c1OC(C)(C)C.CC(c1cccc(C2(C)CC2)c1OC(C)(C)C)C1CC1.CC(c1cccc(C2CC2)c1OC(C)(C)C)C1CC1.CCC(C)c1cccc(C(C)C2CC2)c1OC(C)(C)C.CCC(c1cccc(C(C)C)c1OC(C)(C)C)C1CC1.COc1cccc(C(C)C2CC2)c1OC(C)(C)C. The van der Waals surface area contributed by atoms with Gasteiger partial charge in [0.25, 0.3) is 0 Å². The minimum atomic E-state index is -0.522. The van der Waals surface area contributed by atoms with Gasteiger partial charge >= 0.3 is 0 Å². The van der Waals surface area contributed by atoms with E-state index in [1.165, 1.54) is 194 Å². The van der Waals surface area contributed by atoms with Gasteiger partial charge < -0.3 is 43.0 Å². The third kappa shape index (κ3) is 33.2. The van der Waals surface area contributed by atoms with Crippen LogP contribution in [0.25, 0.3) is 0 Å². The molecular formula is C128H196O9. The van der Waals surface area contributed by atoms with Gasteiger partial charge in [-0.3, -0.25) is 0 Å². The zero-order chi connectivity index (χ0) is 101. The molecule has 8 unspecified atom stereocenters. The number of ether oxygens (including phenoxy) is 8. The first kappa shape index (κ1) is 112. The lowest BCUT2D eigenvalue weighted by Gasteiger charge is -2.35. The molecule has 9 saturated carbocycles. The van der Waals surface area contributed by atoms with Crippen molar-refractivity contribution in [2.24, 2.45) is 35.5 Å². The van der Waals surface area contributed by atoms with Gasteiger partial charge in [-0.15, -0.1) is 0 Å². The van der Waals surface area contributed by atoms with E-state index in [2.05, 4.69) is 378 Å². The summed E-state index contributed by atoms with van der Waals surface area (Å²) >= 11 is 0. The van der Waals surface area contributed by atoms with E-state index in [9.17, 15) is 5.11 Å². The molecule has 0 spiro atoms. The summed E-state index contributed by atoms with van der Waals surface area (Å²) in [7, 11) is 1.70. The summed E-state index contributed by atoms with van der Waals surface area (Å²) in [5.74, 6) is 20.4. The summed E-state index contributed by atoms with van der Waals surface area (Å²) in [6.07, 6.45) is 27.4. The molecule has 7 aromatic carbocycles. The number of benzene rings is 7. The fourth-order valence-electron chi connectivity index (χ4n) is 19.9. The number of rotatable bonds is 30. The van der Waals surface area contributed by atoms with Gasteiger partial charge in [-0.1, -0.05) is 239 Å². The van der Waals surface area contributed by atoms with E-state index in [1.54, 1.807) is 7.11 Å². The Morgan fingerprint density at radius 3 is 0.891 bits per heavy atom. The number of hydrogen-bond donors (Lipinski definition) is 1. The molecule has 0 aliphatic heterocycles. The fraction of sp³-hybridized carbons (Fsp3) is 0.672. The van der Waals surface area contributed by atoms with Crippen LogP contribution in [0.15, 0.2) is 127 Å². The normalized spacial score (nSPS) is 19.2. The van der Waals surface area contributed by atoms with Crippen molar-refractivity contribution in [2.75, 3.05) is 7.11 Å². The fourth-order valence-corrected chi connectivity index (χ4v) is 19.9. The number of methoxy groups -OCH3 is 1. The molecule has 137 heavy (non-hydrogen) atoms. The second-order valence-electron chi connectivity index (χ2n) is 51.7. The molecule has 9 heteroatoms. The van der Waals surface area contributed by atoms with Crippen molar-refractivity contribution >= 4 is 0 Å². The van der Waals surface area contributed by atoms with E-state index in [4.69, 9.17) is 37.9 Å². The Kier molecular flexibility index (Phi) is 37.6. The monoisotopic (exact) mass is 1880 g/mol. The van der Waals surface area contributed by atoms with Gasteiger partial charge in [0.2, 0.25) is 0 Å². The molecule has 0 heterocycles. The Balaban J connectivity index is 0.000000165. The highest BCUT2D eigenvalue weighted by molar-refractivity contribution is 5.54. The third-order valence-corrected chi connectivity index (χ3v) is 29.9. The van der Waals surface area contributed by atoms with Crippen molar-refractivity contribution in [1.82, 2.24) is 0 Å². The largest absolute Gasteiger partial charge is 0.493 e. The van der Waals surface area contributed by atoms with Gasteiger partial charge in [0.1, 0.15) is 73.7 Å². The van der Waals surface area contributed by atoms with E-state index in [0.717, 1.165) is 101 Å². The second-order valence-corrected chi connectivity index (χ2v) is 51.7. The molecule has 7 aromatic rings. The van der Waals surface area contributed by atoms with Crippen molar-refractivity contribution in [1.29, 1.82) is 0 Å². The molecule has 9 fully saturated rings. The number of hydrogen-bond acceptors (Lipinski definition) is 9. The Morgan fingerprint density at radius 1 is 0.292 bits per heavy atom. The van der Waals surface area contributed by atoms with Crippen LogP contribution in [0, 0.1) is 35.5 Å². The average Bonchev–Trinajstić information content (AvgIpc) is 1.60. The zero-order valence-corrected chi connectivity index (χ0v) is 94.1. The highest BCUT2D eigenvalue weighted by atomic mass is 16.5. The lowest BCUT2D eigenvalue weighted by Crippen LogP contribution is -2.26. The summed E-state index contributed by atoms with van der Waals surface area (Å²) < 4.78 is 49.8. The maximum atomic E-state index is 10.4. The summed E-state index contributed by atoms with van der Waals surface area (Å²) in [4.78, 5) is 0. The summed E-state index contributed by atoms with van der Waals surface area (Å²) in [5.41, 5.74) is 16.6. The summed E-state index contributed by atoms with van der Waals surface area (Å²) in [6.45, 7) is 81.2. The van der Waals surface area contributed by atoms with Crippen LogP contribution in [0.2, 0.25) is 0 Å². The summed E-state index contributed by atoms with van der Waals surface area (Å²) in [5, 5.41) is 10.4. The van der Waals surface area contributed by atoms with Gasteiger partial charge in [-0.05, 0) is 442 Å². The molecule has 9 aliphatic carbocycles. The highest BCUT2D eigenvalue weighted by Crippen LogP contribution is 2.58. The Hall–Kier alpha value is -7.10. The second kappa shape index (κ2) is 46.1. The van der Waals surface area contributed by atoms with Crippen LogP contribution in [-0.2, 0) is 5.41 Å². The van der Waals surface area contributed by atoms with Crippen molar-refractivity contribution in [2.45, 2.75) is 512 Å². The van der Waals surface area contributed by atoms with E-state index in [-0.39, 0.29) is 45.1 Å². The minimum absolute atomic E-state index is 0.108. The minimum Gasteiger partial charge on any atom is -0.493 e. The molecule has 0 saturated heterocycles. The quantitative estimate of drug-likeness (QED) is 0.0472. The first-order valence-electron chi connectivity index (χ1n) is 54.8. The third-order valence-electron chi connectivity index (χ3n) is 29.9. The molecule has 8 atom stereocenters. The first-order valence-corrected chi connectivity index (χ1v) is 54.8. The molecule has 1 N–H and O–H groups in total. The van der Waals surface area contributed by atoms with E-state index < -0.39 is 5.60 Å². The Labute approximate surface area is 838 Å². The van der Waals surface area contributed by atoms with Crippen LogP contribution >= 0.6 is 0 Å². The molecule has 0 radical (unpaired) electrons. The van der Waals surface area contributed by atoms with Crippen molar-refractivity contribution in [3.63, 3.8) is 0 Å². The number of aliphatic hydroxyl groups is 1. The number of para-hydroxylation sites is 7. The van der Waals surface area contributed by atoms with Crippen molar-refractivity contribution in [3.8, 4) is 46.0 Å². The maximum Gasteiger partial charge on any atom is 0.165 e. The van der Waals surface area contributed by atoms with Gasteiger partial charge in [0, 0.05) is 22.6 Å². The van der Waals surface area contributed by atoms with Crippen LogP contribution in [0.5, 0.6) is 46.0 Å². The van der Waals surface area contributed by atoms with Gasteiger partial charge in [-0.2, -0.15) is 0 Å². The van der Waals surface area contributed by atoms with Crippen molar-refractivity contribution in [3.05, 3.63) is 200 Å². The van der Waals surface area contributed by atoms with Crippen LogP contribution in [0.3, 0.4) is 0 Å².